The van der Waals surface area contributed by atoms with E-state index in [9.17, 15) is 8.42 Å². The van der Waals surface area contributed by atoms with E-state index in [1.807, 2.05) is 31.2 Å². The molecule has 0 saturated carbocycles. The van der Waals surface area contributed by atoms with Crippen LogP contribution in [-0.4, -0.2) is 40.1 Å². The number of hydrogen-bond donors (Lipinski definition) is 0. The zero-order valence-corrected chi connectivity index (χ0v) is 16.6. The minimum atomic E-state index is -3.34. The zero-order chi connectivity index (χ0) is 17.9. The first-order chi connectivity index (χ1) is 12.0. The number of hydrogen-bond acceptors (Lipinski definition) is 6. The molecule has 6 nitrogen and oxygen atoms in total. The molecule has 1 heterocycles. The molecule has 130 valence electrons. The lowest BCUT2D eigenvalue weighted by Gasteiger charge is -2.07. The van der Waals surface area contributed by atoms with Crippen LogP contribution in [0.3, 0.4) is 0 Å². The number of para-hydroxylation sites is 1. The quantitative estimate of drug-likeness (QED) is 0.549. The van der Waals surface area contributed by atoms with Crippen LogP contribution in [0.25, 0.3) is 5.69 Å². The van der Waals surface area contributed by atoms with Gasteiger partial charge in [-0.1, -0.05) is 45.9 Å². The molecule has 1 aromatic heterocycles. The Morgan fingerprint density at radius 2 is 1.84 bits per heavy atom. The second kappa shape index (κ2) is 7.67. The van der Waals surface area contributed by atoms with E-state index in [1.165, 1.54) is 11.8 Å². The monoisotopic (exact) mass is 438 g/mol. The number of sulfone groups is 1. The average molecular weight is 439 g/mol. The van der Waals surface area contributed by atoms with Crippen LogP contribution in [0.15, 0.2) is 63.1 Å². The Hall–Kier alpha value is -1.71. The van der Waals surface area contributed by atoms with E-state index < -0.39 is 9.84 Å². The molecule has 0 unspecified atom stereocenters. The molecule has 3 rings (SSSR count). The molecular weight excluding hydrogens is 424 g/mol. The van der Waals surface area contributed by atoms with Crippen molar-refractivity contribution in [3.8, 4) is 5.69 Å². The van der Waals surface area contributed by atoms with Crippen LogP contribution in [0.1, 0.15) is 5.56 Å². The van der Waals surface area contributed by atoms with Crippen molar-refractivity contribution in [1.82, 2.24) is 20.2 Å². The fourth-order valence-corrected chi connectivity index (χ4v) is 5.02. The number of nitrogens with zero attached hydrogens (tertiary/aromatic N) is 4. The van der Waals surface area contributed by atoms with Gasteiger partial charge >= 0.3 is 0 Å². The van der Waals surface area contributed by atoms with Crippen LogP contribution in [0, 0.1) is 6.92 Å². The predicted molar refractivity (Wildman–Crippen MR) is 101 cm³/mol. The van der Waals surface area contributed by atoms with Crippen LogP contribution in [0.5, 0.6) is 0 Å². The summed E-state index contributed by atoms with van der Waals surface area (Å²) < 4.78 is 27.3. The van der Waals surface area contributed by atoms with Gasteiger partial charge < -0.3 is 0 Å². The number of halogens is 1. The van der Waals surface area contributed by atoms with E-state index in [2.05, 4.69) is 31.5 Å². The van der Waals surface area contributed by atoms with Crippen LogP contribution < -0.4 is 0 Å². The van der Waals surface area contributed by atoms with Crippen molar-refractivity contribution in [3.63, 3.8) is 0 Å². The summed E-state index contributed by atoms with van der Waals surface area (Å²) in [7, 11) is -3.34. The summed E-state index contributed by atoms with van der Waals surface area (Å²) in [6, 6.07) is 14.4. The van der Waals surface area contributed by atoms with Crippen LogP contribution >= 0.6 is 27.7 Å². The summed E-state index contributed by atoms with van der Waals surface area (Å²) >= 11 is 4.62. The third-order valence-corrected chi connectivity index (χ3v) is 6.98. The Balaban J connectivity index is 1.70. The minimum absolute atomic E-state index is 0.0138. The first-order valence-electron chi connectivity index (χ1n) is 7.43. The van der Waals surface area contributed by atoms with Gasteiger partial charge in [-0.25, -0.2) is 8.42 Å². The van der Waals surface area contributed by atoms with Crippen molar-refractivity contribution in [2.24, 2.45) is 0 Å². The molecule has 0 spiro atoms. The second-order valence-electron chi connectivity index (χ2n) is 5.28. The van der Waals surface area contributed by atoms with Gasteiger partial charge in [-0.2, -0.15) is 4.68 Å². The highest BCUT2D eigenvalue weighted by Gasteiger charge is 2.16. The number of aryl methyl sites for hydroxylation is 1. The largest absolute Gasteiger partial charge is 0.224 e. The molecule has 0 amide bonds. The van der Waals surface area contributed by atoms with Gasteiger partial charge in [0.1, 0.15) is 0 Å². The maximum Gasteiger partial charge on any atom is 0.214 e. The maximum atomic E-state index is 12.4. The van der Waals surface area contributed by atoms with E-state index in [0.29, 0.717) is 15.8 Å². The smallest absolute Gasteiger partial charge is 0.214 e. The summed E-state index contributed by atoms with van der Waals surface area (Å²) in [6.45, 7) is 1.98. The zero-order valence-electron chi connectivity index (χ0n) is 13.3. The molecule has 0 aliphatic carbocycles. The lowest BCUT2D eigenvalue weighted by Crippen LogP contribution is -2.09. The second-order valence-corrected chi connectivity index (χ2v) is 9.37. The van der Waals surface area contributed by atoms with Crippen molar-refractivity contribution in [3.05, 3.63) is 58.6 Å². The Bertz CT molecular complexity index is 972. The van der Waals surface area contributed by atoms with Gasteiger partial charge in [0.25, 0.3) is 0 Å². The standard InChI is InChI=1S/C16H15BrN4O2S2/c1-12-4-2-3-5-15(12)21-16(18-19-20-21)24-10-11-25(22,23)14-8-6-13(17)7-9-14/h2-9H,10-11H2,1H3. The van der Waals surface area contributed by atoms with Crippen molar-refractivity contribution >= 4 is 37.5 Å². The molecule has 0 bridgehead atoms. The van der Waals surface area contributed by atoms with Crippen molar-refractivity contribution in [2.75, 3.05) is 11.5 Å². The first-order valence-corrected chi connectivity index (χ1v) is 10.9. The Morgan fingerprint density at radius 3 is 2.56 bits per heavy atom. The molecule has 0 fully saturated rings. The van der Waals surface area contributed by atoms with E-state index in [0.717, 1.165) is 15.7 Å². The Labute approximate surface area is 158 Å². The lowest BCUT2D eigenvalue weighted by molar-refractivity contribution is 0.597. The topological polar surface area (TPSA) is 77.7 Å². The molecular formula is C16H15BrN4O2S2. The molecule has 0 saturated heterocycles. The van der Waals surface area contributed by atoms with E-state index >= 15 is 0 Å². The van der Waals surface area contributed by atoms with Crippen LogP contribution in [0.4, 0.5) is 0 Å². The fourth-order valence-electron chi connectivity index (χ4n) is 2.22. The molecule has 0 aliphatic heterocycles. The number of thioether (sulfide) groups is 1. The third-order valence-electron chi connectivity index (χ3n) is 3.54. The van der Waals surface area contributed by atoms with Crippen LogP contribution in [-0.2, 0) is 9.84 Å². The van der Waals surface area contributed by atoms with Gasteiger partial charge in [0.2, 0.25) is 5.16 Å². The molecule has 0 N–H and O–H groups in total. The highest BCUT2D eigenvalue weighted by atomic mass is 79.9. The molecule has 25 heavy (non-hydrogen) atoms. The highest BCUT2D eigenvalue weighted by molar-refractivity contribution is 9.10. The predicted octanol–water partition coefficient (Wildman–Crippen LogP) is 3.30. The fraction of sp³-hybridized carbons (Fsp3) is 0.188. The number of benzene rings is 2. The molecule has 3 aromatic rings. The molecule has 0 radical (unpaired) electrons. The summed E-state index contributed by atoms with van der Waals surface area (Å²) in [4.78, 5) is 0.315. The summed E-state index contributed by atoms with van der Waals surface area (Å²) in [5, 5.41) is 12.3. The Morgan fingerprint density at radius 1 is 1.12 bits per heavy atom. The van der Waals surface area contributed by atoms with Gasteiger partial charge in [-0.15, -0.1) is 5.10 Å². The number of tetrazole rings is 1. The van der Waals surface area contributed by atoms with Gasteiger partial charge in [0, 0.05) is 10.2 Å². The normalized spacial score (nSPS) is 11.6. The van der Waals surface area contributed by atoms with E-state index in [-0.39, 0.29) is 5.75 Å². The van der Waals surface area contributed by atoms with Crippen molar-refractivity contribution < 1.29 is 8.42 Å². The molecule has 0 aliphatic rings. The summed E-state index contributed by atoms with van der Waals surface area (Å²) in [6.07, 6.45) is 0. The van der Waals surface area contributed by atoms with Crippen LogP contribution in [0.2, 0.25) is 0 Å². The number of aromatic nitrogens is 4. The van der Waals surface area contributed by atoms with Crippen molar-refractivity contribution in [2.45, 2.75) is 17.0 Å². The third kappa shape index (κ3) is 4.28. The van der Waals surface area contributed by atoms with Gasteiger partial charge in [0.05, 0.1) is 16.3 Å². The summed E-state index contributed by atoms with van der Waals surface area (Å²) in [5.41, 5.74) is 1.92. The van der Waals surface area contributed by atoms with E-state index in [1.54, 1.807) is 28.9 Å². The maximum absolute atomic E-state index is 12.4. The molecule has 2 aromatic carbocycles. The molecule has 9 heteroatoms. The minimum Gasteiger partial charge on any atom is -0.224 e. The van der Waals surface area contributed by atoms with Gasteiger partial charge in [0.15, 0.2) is 9.84 Å². The lowest BCUT2D eigenvalue weighted by atomic mass is 10.2. The van der Waals surface area contributed by atoms with Gasteiger partial charge in [-0.3, -0.25) is 0 Å². The first kappa shape index (κ1) is 18.1. The average Bonchev–Trinajstić information content (AvgIpc) is 3.04. The van der Waals surface area contributed by atoms with Gasteiger partial charge in [-0.05, 0) is 53.2 Å². The SMILES string of the molecule is Cc1ccccc1-n1nnnc1SCCS(=O)(=O)c1ccc(Br)cc1. The highest BCUT2D eigenvalue weighted by Crippen LogP contribution is 2.22. The summed E-state index contributed by atoms with van der Waals surface area (Å²) in [5.74, 6) is 0.380. The van der Waals surface area contributed by atoms with Crippen molar-refractivity contribution in [1.29, 1.82) is 0 Å². The Kier molecular flexibility index (Phi) is 5.55. The van der Waals surface area contributed by atoms with E-state index in [4.69, 9.17) is 0 Å². The molecule has 0 atom stereocenters. The number of rotatable bonds is 6.